The lowest BCUT2D eigenvalue weighted by molar-refractivity contribution is -0.112. The fraction of sp³-hybridized carbons (Fsp3) is 0.308. The number of rotatable bonds is 2. The average Bonchev–Trinajstić information content (AvgIpc) is 2.08. The van der Waals surface area contributed by atoms with Crippen LogP contribution < -0.4 is 0 Å². The highest BCUT2D eigenvalue weighted by Crippen LogP contribution is 2.20. The minimum atomic E-state index is 0.100. The second kappa shape index (κ2) is 4.23. The van der Waals surface area contributed by atoms with Crippen LogP contribution in [0.25, 0.3) is 5.57 Å². The number of carbonyl (C=O) groups excluding carboxylic acids is 1. The average molecular weight is 188 g/mol. The molecule has 1 aromatic carbocycles. The molecule has 0 unspecified atom stereocenters. The Hall–Kier alpha value is -1.37. The molecule has 0 saturated carbocycles. The van der Waals surface area contributed by atoms with Crippen LogP contribution in [0.2, 0.25) is 0 Å². The summed E-state index contributed by atoms with van der Waals surface area (Å²) < 4.78 is 0. The van der Waals surface area contributed by atoms with Gasteiger partial charge in [-0.25, -0.2) is 0 Å². The summed E-state index contributed by atoms with van der Waals surface area (Å²) in [4.78, 5) is 10.9. The van der Waals surface area contributed by atoms with Gasteiger partial charge in [-0.1, -0.05) is 18.2 Å². The van der Waals surface area contributed by atoms with Crippen molar-refractivity contribution >= 4 is 11.4 Å². The molecule has 0 heterocycles. The van der Waals surface area contributed by atoms with E-state index >= 15 is 0 Å². The van der Waals surface area contributed by atoms with E-state index in [0.717, 1.165) is 5.57 Å². The number of ketones is 1. The fourth-order valence-electron chi connectivity index (χ4n) is 1.56. The fourth-order valence-corrected chi connectivity index (χ4v) is 1.56. The highest BCUT2D eigenvalue weighted by Gasteiger charge is 2.02. The number of carbonyl (C=O) groups is 1. The molecule has 0 saturated heterocycles. The molecule has 0 N–H and O–H groups in total. The molecule has 0 amide bonds. The summed E-state index contributed by atoms with van der Waals surface area (Å²) >= 11 is 0. The summed E-state index contributed by atoms with van der Waals surface area (Å²) in [7, 11) is 0. The number of hydrogen-bond acceptors (Lipinski definition) is 1. The van der Waals surface area contributed by atoms with Gasteiger partial charge in [-0.2, -0.15) is 0 Å². The maximum Gasteiger partial charge on any atom is 0.152 e. The van der Waals surface area contributed by atoms with Crippen molar-refractivity contribution in [2.24, 2.45) is 0 Å². The van der Waals surface area contributed by atoms with Gasteiger partial charge in [-0.15, -0.1) is 0 Å². The molecule has 0 bridgehead atoms. The Bertz CT molecular complexity index is 386. The molecule has 0 fully saturated rings. The number of aryl methyl sites for hydroxylation is 1. The molecule has 0 radical (unpaired) electrons. The van der Waals surface area contributed by atoms with E-state index in [1.165, 1.54) is 16.7 Å². The first-order valence-corrected chi connectivity index (χ1v) is 4.78. The van der Waals surface area contributed by atoms with Gasteiger partial charge in [0.05, 0.1) is 0 Å². The van der Waals surface area contributed by atoms with Crippen molar-refractivity contribution < 1.29 is 4.79 Å². The standard InChI is InChI=1S/C13H16O/c1-9-6-5-7-13(12(9)4)10(2)8-11(3)14/h5-8H,1-4H3/b10-8+. The molecule has 0 aromatic heterocycles. The van der Waals surface area contributed by atoms with Crippen LogP contribution in [0.5, 0.6) is 0 Å². The van der Waals surface area contributed by atoms with E-state index in [1.807, 2.05) is 13.0 Å². The van der Waals surface area contributed by atoms with Gasteiger partial charge >= 0.3 is 0 Å². The smallest absolute Gasteiger partial charge is 0.152 e. The normalized spacial score (nSPS) is 11.6. The van der Waals surface area contributed by atoms with Crippen LogP contribution >= 0.6 is 0 Å². The molecular formula is C13H16O. The van der Waals surface area contributed by atoms with E-state index in [4.69, 9.17) is 0 Å². The first-order valence-electron chi connectivity index (χ1n) is 4.78. The highest BCUT2D eigenvalue weighted by atomic mass is 16.1. The zero-order valence-corrected chi connectivity index (χ0v) is 9.22. The molecule has 0 atom stereocenters. The second-order valence-electron chi connectivity index (χ2n) is 3.69. The number of hydrogen-bond donors (Lipinski definition) is 0. The Morgan fingerprint density at radius 3 is 2.43 bits per heavy atom. The van der Waals surface area contributed by atoms with Crippen molar-refractivity contribution in [1.82, 2.24) is 0 Å². The van der Waals surface area contributed by atoms with E-state index in [9.17, 15) is 4.79 Å². The Labute approximate surface area is 85.5 Å². The summed E-state index contributed by atoms with van der Waals surface area (Å²) in [6.45, 7) is 7.72. The van der Waals surface area contributed by atoms with Crippen molar-refractivity contribution in [3.8, 4) is 0 Å². The molecule has 0 aliphatic heterocycles. The maximum absolute atomic E-state index is 10.9. The molecule has 74 valence electrons. The largest absolute Gasteiger partial charge is 0.295 e. The molecule has 0 aliphatic rings. The SMILES string of the molecule is CC(=O)/C=C(\C)c1cccc(C)c1C. The van der Waals surface area contributed by atoms with E-state index < -0.39 is 0 Å². The van der Waals surface area contributed by atoms with E-state index in [1.54, 1.807) is 13.0 Å². The zero-order chi connectivity index (χ0) is 10.7. The Morgan fingerprint density at radius 1 is 1.21 bits per heavy atom. The molecule has 1 nitrogen and oxygen atoms in total. The van der Waals surface area contributed by atoms with Crippen LogP contribution in [0.4, 0.5) is 0 Å². The van der Waals surface area contributed by atoms with Crippen LogP contribution in [0.1, 0.15) is 30.5 Å². The van der Waals surface area contributed by atoms with Crippen LogP contribution in [-0.4, -0.2) is 5.78 Å². The van der Waals surface area contributed by atoms with E-state index in [0.29, 0.717) is 0 Å². The topological polar surface area (TPSA) is 17.1 Å². The minimum Gasteiger partial charge on any atom is -0.295 e. The summed E-state index contributed by atoms with van der Waals surface area (Å²) in [5, 5.41) is 0. The van der Waals surface area contributed by atoms with E-state index in [-0.39, 0.29) is 5.78 Å². The molecule has 14 heavy (non-hydrogen) atoms. The zero-order valence-electron chi connectivity index (χ0n) is 9.22. The third-order valence-electron chi connectivity index (χ3n) is 2.45. The predicted molar refractivity (Wildman–Crippen MR) is 60.2 cm³/mol. The lowest BCUT2D eigenvalue weighted by Crippen LogP contribution is -1.91. The molecule has 1 rings (SSSR count). The summed E-state index contributed by atoms with van der Waals surface area (Å²) in [6, 6.07) is 6.16. The van der Waals surface area contributed by atoms with Gasteiger partial charge in [-0.05, 0) is 56.0 Å². The Balaban J connectivity index is 3.20. The van der Waals surface area contributed by atoms with Gasteiger partial charge in [0.2, 0.25) is 0 Å². The first-order chi connectivity index (χ1) is 6.52. The van der Waals surface area contributed by atoms with Crippen molar-refractivity contribution in [2.45, 2.75) is 27.7 Å². The molecule has 0 aliphatic carbocycles. The second-order valence-corrected chi connectivity index (χ2v) is 3.69. The van der Waals surface area contributed by atoms with E-state index in [2.05, 4.69) is 26.0 Å². The van der Waals surface area contributed by atoms with Gasteiger partial charge in [-0.3, -0.25) is 4.79 Å². The molecule has 1 heteroatoms. The van der Waals surface area contributed by atoms with Crippen molar-refractivity contribution in [3.63, 3.8) is 0 Å². The maximum atomic E-state index is 10.9. The third-order valence-corrected chi connectivity index (χ3v) is 2.45. The number of allylic oxidation sites excluding steroid dienone is 2. The van der Waals surface area contributed by atoms with Gasteiger partial charge in [0.1, 0.15) is 0 Å². The summed E-state index contributed by atoms with van der Waals surface area (Å²) in [5.41, 5.74) is 4.72. The number of benzene rings is 1. The molecule has 1 aromatic rings. The van der Waals surface area contributed by atoms with Crippen molar-refractivity contribution in [2.75, 3.05) is 0 Å². The van der Waals surface area contributed by atoms with Gasteiger partial charge in [0, 0.05) is 0 Å². The van der Waals surface area contributed by atoms with Gasteiger partial charge < -0.3 is 0 Å². The highest BCUT2D eigenvalue weighted by molar-refractivity contribution is 5.95. The Kier molecular flexibility index (Phi) is 3.23. The Morgan fingerprint density at radius 2 is 1.86 bits per heavy atom. The van der Waals surface area contributed by atoms with Crippen LogP contribution in [0.3, 0.4) is 0 Å². The molecular weight excluding hydrogens is 172 g/mol. The van der Waals surface area contributed by atoms with Crippen molar-refractivity contribution in [3.05, 3.63) is 41.0 Å². The van der Waals surface area contributed by atoms with Crippen LogP contribution in [0, 0.1) is 13.8 Å². The predicted octanol–water partition coefficient (Wildman–Crippen LogP) is 3.30. The first kappa shape index (κ1) is 10.7. The quantitative estimate of drug-likeness (QED) is 0.651. The van der Waals surface area contributed by atoms with Crippen molar-refractivity contribution in [1.29, 1.82) is 0 Å². The molecule has 0 spiro atoms. The third kappa shape index (κ3) is 2.32. The summed E-state index contributed by atoms with van der Waals surface area (Å²) in [6.07, 6.45) is 1.68. The monoisotopic (exact) mass is 188 g/mol. The lowest BCUT2D eigenvalue weighted by atomic mass is 9.97. The summed E-state index contributed by atoms with van der Waals surface area (Å²) in [5.74, 6) is 0.100. The minimum absolute atomic E-state index is 0.100. The lowest BCUT2D eigenvalue weighted by Gasteiger charge is -2.08. The van der Waals surface area contributed by atoms with Gasteiger partial charge in [0.25, 0.3) is 0 Å². The van der Waals surface area contributed by atoms with Gasteiger partial charge in [0.15, 0.2) is 5.78 Å². The van der Waals surface area contributed by atoms with Crippen LogP contribution in [-0.2, 0) is 4.79 Å². The van der Waals surface area contributed by atoms with Crippen LogP contribution in [0.15, 0.2) is 24.3 Å².